The van der Waals surface area contributed by atoms with Crippen molar-refractivity contribution in [1.82, 2.24) is 15.5 Å². The minimum atomic E-state index is -0.722. The second-order valence-electron chi connectivity index (χ2n) is 7.14. The number of amides is 4. The van der Waals surface area contributed by atoms with Crippen molar-refractivity contribution in [1.29, 1.82) is 0 Å². The number of hydrogen-bond donors (Lipinski definition) is 2. The third-order valence-electron chi connectivity index (χ3n) is 5.17. The van der Waals surface area contributed by atoms with Gasteiger partial charge in [-0.1, -0.05) is 37.5 Å². The standard InChI is InChI=1S/C20H27N3O4/c24-17(21-13-7-15-27-16-8-3-1-4-9-16)10-14-23-18(25)20(22-19(23)26)11-5-2-6-12-20/h1,3-4,8-9H,2,5-7,10-15H2,(H,21,24)(H,22,26). The van der Waals surface area contributed by atoms with Gasteiger partial charge in [0.25, 0.3) is 5.91 Å². The Morgan fingerprint density at radius 1 is 1.15 bits per heavy atom. The van der Waals surface area contributed by atoms with E-state index < -0.39 is 5.54 Å². The molecule has 2 fully saturated rings. The number of imide groups is 1. The molecule has 3 rings (SSSR count). The zero-order valence-electron chi connectivity index (χ0n) is 15.5. The van der Waals surface area contributed by atoms with Gasteiger partial charge < -0.3 is 15.4 Å². The predicted octanol–water partition coefficient (Wildman–Crippen LogP) is 2.22. The molecule has 1 saturated carbocycles. The summed E-state index contributed by atoms with van der Waals surface area (Å²) in [7, 11) is 0. The lowest BCUT2D eigenvalue weighted by Crippen LogP contribution is -2.48. The topological polar surface area (TPSA) is 87.7 Å². The van der Waals surface area contributed by atoms with Gasteiger partial charge in [0.1, 0.15) is 11.3 Å². The van der Waals surface area contributed by atoms with Crippen molar-refractivity contribution in [2.45, 2.75) is 50.5 Å². The Labute approximate surface area is 159 Å². The number of hydrogen-bond acceptors (Lipinski definition) is 4. The van der Waals surface area contributed by atoms with Gasteiger partial charge in [-0.3, -0.25) is 14.5 Å². The molecule has 0 radical (unpaired) electrons. The van der Waals surface area contributed by atoms with E-state index in [9.17, 15) is 14.4 Å². The molecule has 0 atom stereocenters. The first-order valence-electron chi connectivity index (χ1n) is 9.69. The van der Waals surface area contributed by atoms with Gasteiger partial charge in [-0.25, -0.2) is 4.79 Å². The first-order chi connectivity index (χ1) is 13.1. The molecule has 1 spiro atoms. The minimum absolute atomic E-state index is 0.120. The number of carbonyl (C=O) groups excluding carboxylic acids is 3. The first-order valence-corrected chi connectivity index (χ1v) is 9.69. The van der Waals surface area contributed by atoms with E-state index >= 15 is 0 Å². The summed E-state index contributed by atoms with van der Waals surface area (Å²) in [6, 6.07) is 9.14. The zero-order valence-corrected chi connectivity index (χ0v) is 15.5. The van der Waals surface area contributed by atoms with Crippen LogP contribution < -0.4 is 15.4 Å². The van der Waals surface area contributed by atoms with Gasteiger partial charge in [-0.2, -0.15) is 0 Å². The maximum Gasteiger partial charge on any atom is 0.325 e. The highest BCUT2D eigenvalue weighted by molar-refractivity contribution is 6.07. The van der Waals surface area contributed by atoms with Crippen molar-refractivity contribution in [3.8, 4) is 5.75 Å². The first kappa shape index (κ1) is 19.2. The number of carbonyl (C=O) groups is 3. The van der Waals surface area contributed by atoms with Gasteiger partial charge in [0.15, 0.2) is 0 Å². The van der Waals surface area contributed by atoms with Gasteiger partial charge >= 0.3 is 6.03 Å². The Balaban J connectivity index is 1.34. The molecule has 146 valence electrons. The highest BCUT2D eigenvalue weighted by atomic mass is 16.5. The van der Waals surface area contributed by atoms with Gasteiger partial charge in [0, 0.05) is 19.5 Å². The van der Waals surface area contributed by atoms with Crippen LogP contribution in [0.4, 0.5) is 4.79 Å². The van der Waals surface area contributed by atoms with Gasteiger partial charge in [-0.15, -0.1) is 0 Å². The Hall–Kier alpha value is -2.57. The molecular formula is C20H27N3O4. The van der Waals surface area contributed by atoms with E-state index in [2.05, 4.69) is 10.6 Å². The van der Waals surface area contributed by atoms with Crippen LogP contribution in [-0.4, -0.2) is 48.0 Å². The molecule has 0 bridgehead atoms. The van der Waals surface area contributed by atoms with Crippen molar-refractivity contribution in [3.63, 3.8) is 0 Å². The second-order valence-corrected chi connectivity index (χ2v) is 7.14. The smallest absolute Gasteiger partial charge is 0.325 e. The van der Waals surface area contributed by atoms with Crippen LogP contribution in [-0.2, 0) is 9.59 Å². The van der Waals surface area contributed by atoms with E-state index in [0.29, 0.717) is 32.4 Å². The minimum Gasteiger partial charge on any atom is -0.494 e. The zero-order chi connectivity index (χ0) is 19.1. The second kappa shape index (κ2) is 8.88. The monoisotopic (exact) mass is 373 g/mol. The van der Waals surface area contributed by atoms with E-state index in [1.807, 2.05) is 30.3 Å². The van der Waals surface area contributed by atoms with Crippen molar-refractivity contribution < 1.29 is 19.1 Å². The fourth-order valence-corrected chi connectivity index (χ4v) is 3.68. The lowest BCUT2D eigenvalue weighted by molar-refractivity contribution is -0.132. The summed E-state index contributed by atoms with van der Waals surface area (Å²) in [5, 5.41) is 5.66. The molecule has 7 heteroatoms. The molecule has 2 N–H and O–H groups in total. The SMILES string of the molecule is O=C(CCN1C(=O)NC2(CCCCC2)C1=O)NCCCOc1ccccc1. The van der Waals surface area contributed by atoms with Crippen molar-refractivity contribution >= 4 is 17.8 Å². The summed E-state index contributed by atoms with van der Waals surface area (Å²) < 4.78 is 5.56. The predicted molar refractivity (Wildman–Crippen MR) is 100 cm³/mol. The highest BCUT2D eigenvalue weighted by Crippen LogP contribution is 2.33. The fraction of sp³-hybridized carbons (Fsp3) is 0.550. The van der Waals surface area contributed by atoms with E-state index in [0.717, 1.165) is 25.0 Å². The number of ether oxygens (including phenoxy) is 1. The maximum absolute atomic E-state index is 12.6. The molecule has 1 saturated heterocycles. The van der Waals surface area contributed by atoms with Crippen LogP contribution >= 0.6 is 0 Å². The summed E-state index contributed by atoms with van der Waals surface area (Å²) >= 11 is 0. The number of urea groups is 1. The van der Waals surface area contributed by atoms with Gasteiger partial charge in [-0.05, 0) is 31.4 Å². The van der Waals surface area contributed by atoms with Gasteiger partial charge in [0.05, 0.1) is 6.61 Å². The quantitative estimate of drug-likeness (QED) is 0.540. The summed E-state index contributed by atoms with van der Waals surface area (Å²) in [6.45, 7) is 1.13. The Morgan fingerprint density at radius 2 is 1.89 bits per heavy atom. The van der Waals surface area contributed by atoms with Crippen LogP contribution in [0.15, 0.2) is 30.3 Å². The van der Waals surface area contributed by atoms with Gasteiger partial charge in [0.2, 0.25) is 5.91 Å². The van der Waals surface area contributed by atoms with Crippen molar-refractivity contribution in [2.75, 3.05) is 19.7 Å². The van der Waals surface area contributed by atoms with Crippen LogP contribution in [0, 0.1) is 0 Å². The van der Waals surface area contributed by atoms with E-state index in [4.69, 9.17) is 4.74 Å². The lowest BCUT2D eigenvalue weighted by atomic mass is 9.82. The molecule has 1 heterocycles. The molecular weight excluding hydrogens is 346 g/mol. The number of nitrogens with one attached hydrogen (secondary N) is 2. The number of para-hydroxylation sites is 1. The normalized spacial score (nSPS) is 18.4. The van der Waals surface area contributed by atoms with E-state index in [-0.39, 0.29) is 30.8 Å². The number of nitrogens with zero attached hydrogens (tertiary/aromatic N) is 1. The molecule has 1 aromatic carbocycles. The summed E-state index contributed by atoms with van der Waals surface area (Å²) in [4.78, 5) is 38.0. The molecule has 1 aliphatic carbocycles. The molecule has 27 heavy (non-hydrogen) atoms. The summed E-state index contributed by atoms with van der Waals surface area (Å²) in [6.07, 6.45) is 5.20. The Kier molecular flexibility index (Phi) is 6.32. The maximum atomic E-state index is 12.6. The van der Waals surface area contributed by atoms with E-state index in [1.165, 1.54) is 4.90 Å². The third-order valence-corrected chi connectivity index (χ3v) is 5.17. The molecule has 0 unspecified atom stereocenters. The molecule has 4 amide bonds. The molecule has 7 nitrogen and oxygen atoms in total. The number of benzene rings is 1. The van der Waals surface area contributed by atoms with Crippen LogP contribution in [0.2, 0.25) is 0 Å². The van der Waals surface area contributed by atoms with Crippen LogP contribution in [0.1, 0.15) is 44.9 Å². The van der Waals surface area contributed by atoms with E-state index in [1.54, 1.807) is 0 Å². The fourth-order valence-electron chi connectivity index (χ4n) is 3.68. The average molecular weight is 373 g/mol. The third kappa shape index (κ3) is 4.78. The Morgan fingerprint density at radius 3 is 2.63 bits per heavy atom. The van der Waals surface area contributed by atoms with Crippen molar-refractivity contribution in [2.24, 2.45) is 0 Å². The molecule has 1 aromatic rings. The summed E-state index contributed by atoms with van der Waals surface area (Å²) in [5.41, 5.74) is -0.722. The largest absolute Gasteiger partial charge is 0.494 e. The Bertz CT molecular complexity index is 671. The highest BCUT2D eigenvalue weighted by Gasteiger charge is 2.50. The average Bonchev–Trinajstić information content (AvgIpc) is 2.90. The lowest BCUT2D eigenvalue weighted by Gasteiger charge is -2.30. The van der Waals surface area contributed by atoms with Crippen LogP contribution in [0.25, 0.3) is 0 Å². The number of rotatable bonds is 8. The molecule has 0 aromatic heterocycles. The molecule has 2 aliphatic rings. The summed E-state index contributed by atoms with van der Waals surface area (Å²) in [5.74, 6) is 0.468. The van der Waals surface area contributed by atoms with Crippen LogP contribution in [0.3, 0.4) is 0 Å². The van der Waals surface area contributed by atoms with Crippen molar-refractivity contribution in [3.05, 3.63) is 30.3 Å². The molecule has 1 aliphatic heterocycles. The van der Waals surface area contributed by atoms with Crippen LogP contribution in [0.5, 0.6) is 5.75 Å².